The van der Waals surface area contributed by atoms with Crippen LogP contribution in [-0.4, -0.2) is 31.8 Å². The van der Waals surface area contributed by atoms with Crippen LogP contribution in [0.4, 0.5) is 10.1 Å². The third kappa shape index (κ3) is 4.78. The zero-order valence-corrected chi connectivity index (χ0v) is 14.0. The molecule has 1 heterocycles. The summed E-state index contributed by atoms with van der Waals surface area (Å²) < 4.78 is 29.5. The predicted octanol–water partition coefficient (Wildman–Crippen LogP) is 3.07. The molecule has 0 aliphatic carbocycles. The van der Waals surface area contributed by atoms with Gasteiger partial charge in [-0.2, -0.15) is 0 Å². The molecule has 0 spiro atoms. The SMILES string of the molecule is Cc1cc(OCc2cccc(F)c2)ccc1NC(=O)[C@@H]1COCCO1. The van der Waals surface area contributed by atoms with E-state index < -0.39 is 6.10 Å². The lowest BCUT2D eigenvalue weighted by atomic mass is 10.1. The van der Waals surface area contributed by atoms with Crippen molar-refractivity contribution in [3.05, 3.63) is 59.4 Å². The predicted molar refractivity (Wildman–Crippen MR) is 91.1 cm³/mol. The fourth-order valence-corrected chi connectivity index (χ4v) is 2.51. The summed E-state index contributed by atoms with van der Waals surface area (Å²) in [6.45, 7) is 3.35. The van der Waals surface area contributed by atoms with Gasteiger partial charge in [0.25, 0.3) is 5.91 Å². The molecule has 0 unspecified atom stereocenters. The molecule has 1 N–H and O–H groups in total. The Hall–Kier alpha value is -2.44. The number of nitrogens with one attached hydrogen (secondary N) is 1. The highest BCUT2D eigenvalue weighted by atomic mass is 19.1. The number of carbonyl (C=O) groups excluding carboxylic acids is 1. The molecule has 2 aromatic rings. The second kappa shape index (κ2) is 8.09. The largest absolute Gasteiger partial charge is 0.489 e. The molecule has 0 aromatic heterocycles. The summed E-state index contributed by atoms with van der Waals surface area (Å²) in [5, 5.41) is 2.84. The van der Waals surface area contributed by atoms with Gasteiger partial charge in [-0.25, -0.2) is 4.39 Å². The maximum atomic E-state index is 13.2. The van der Waals surface area contributed by atoms with Crippen LogP contribution in [0.3, 0.4) is 0 Å². The molecule has 6 heteroatoms. The van der Waals surface area contributed by atoms with Crippen LogP contribution in [0.5, 0.6) is 5.75 Å². The lowest BCUT2D eigenvalue weighted by Crippen LogP contribution is -2.39. The Morgan fingerprint density at radius 3 is 2.88 bits per heavy atom. The highest BCUT2D eigenvalue weighted by Gasteiger charge is 2.23. The Morgan fingerprint density at radius 2 is 2.16 bits per heavy atom. The van der Waals surface area contributed by atoms with Gasteiger partial charge in [0.1, 0.15) is 18.2 Å². The van der Waals surface area contributed by atoms with Gasteiger partial charge < -0.3 is 19.5 Å². The fourth-order valence-electron chi connectivity index (χ4n) is 2.51. The van der Waals surface area contributed by atoms with E-state index in [-0.39, 0.29) is 24.9 Å². The van der Waals surface area contributed by atoms with Crippen molar-refractivity contribution < 1.29 is 23.4 Å². The average molecular weight is 345 g/mol. The van der Waals surface area contributed by atoms with Gasteiger partial charge in [0.15, 0.2) is 6.10 Å². The van der Waals surface area contributed by atoms with E-state index in [1.807, 2.05) is 13.0 Å². The Balaban J connectivity index is 1.59. The first-order valence-corrected chi connectivity index (χ1v) is 8.10. The van der Waals surface area contributed by atoms with Crippen LogP contribution in [0.15, 0.2) is 42.5 Å². The van der Waals surface area contributed by atoms with Crippen molar-refractivity contribution in [2.24, 2.45) is 0 Å². The van der Waals surface area contributed by atoms with Crippen LogP contribution >= 0.6 is 0 Å². The van der Waals surface area contributed by atoms with Crippen molar-refractivity contribution in [2.75, 3.05) is 25.1 Å². The second-order valence-electron chi connectivity index (χ2n) is 5.82. The first-order valence-electron chi connectivity index (χ1n) is 8.10. The topological polar surface area (TPSA) is 56.8 Å². The Morgan fingerprint density at radius 1 is 1.28 bits per heavy atom. The maximum Gasteiger partial charge on any atom is 0.255 e. The number of benzene rings is 2. The highest BCUT2D eigenvalue weighted by Crippen LogP contribution is 2.23. The van der Waals surface area contributed by atoms with Gasteiger partial charge in [-0.15, -0.1) is 0 Å². The number of anilines is 1. The average Bonchev–Trinajstić information content (AvgIpc) is 2.63. The summed E-state index contributed by atoms with van der Waals surface area (Å²) in [6.07, 6.45) is -0.586. The monoisotopic (exact) mass is 345 g/mol. The minimum atomic E-state index is -0.586. The van der Waals surface area contributed by atoms with Crippen molar-refractivity contribution >= 4 is 11.6 Å². The molecular weight excluding hydrogens is 325 g/mol. The van der Waals surface area contributed by atoms with Crippen LogP contribution in [0, 0.1) is 12.7 Å². The van der Waals surface area contributed by atoms with E-state index in [2.05, 4.69) is 5.32 Å². The molecule has 25 heavy (non-hydrogen) atoms. The summed E-state index contributed by atoms with van der Waals surface area (Å²) >= 11 is 0. The van der Waals surface area contributed by atoms with E-state index in [1.54, 1.807) is 24.3 Å². The van der Waals surface area contributed by atoms with Crippen LogP contribution < -0.4 is 10.1 Å². The summed E-state index contributed by atoms with van der Waals surface area (Å²) in [5.41, 5.74) is 2.31. The van der Waals surface area contributed by atoms with Crippen LogP contribution in [0.2, 0.25) is 0 Å². The fraction of sp³-hybridized carbons (Fsp3) is 0.316. The number of rotatable bonds is 5. The van der Waals surface area contributed by atoms with Gasteiger partial charge in [0.2, 0.25) is 0 Å². The first kappa shape index (κ1) is 17.4. The number of carbonyl (C=O) groups is 1. The number of amides is 1. The van der Waals surface area contributed by atoms with Crippen molar-refractivity contribution in [3.8, 4) is 5.75 Å². The molecule has 0 saturated carbocycles. The molecule has 1 aliphatic heterocycles. The minimum absolute atomic E-state index is 0.226. The van der Waals surface area contributed by atoms with E-state index >= 15 is 0 Å². The van der Waals surface area contributed by atoms with Crippen LogP contribution in [0.25, 0.3) is 0 Å². The maximum absolute atomic E-state index is 13.2. The molecule has 1 atom stereocenters. The van der Waals surface area contributed by atoms with Gasteiger partial charge in [-0.3, -0.25) is 4.79 Å². The van der Waals surface area contributed by atoms with Crippen molar-refractivity contribution in [1.29, 1.82) is 0 Å². The van der Waals surface area contributed by atoms with Crippen LogP contribution in [-0.2, 0) is 20.9 Å². The molecule has 3 rings (SSSR count). The number of aryl methyl sites for hydroxylation is 1. The Labute approximate surface area is 145 Å². The summed E-state index contributed by atoms with van der Waals surface area (Å²) in [6, 6.07) is 11.6. The first-order chi connectivity index (χ1) is 12.1. The zero-order valence-electron chi connectivity index (χ0n) is 14.0. The van der Waals surface area contributed by atoms with Gasteiger partial charge in [0, 0.05) is 5.69 Å². The molecule has 132 valence electrons. The molecule has 0 radical (unpaired) electrons. The molecule has 5 nitrogen and oxygen atoms in total. The Bertz CT molecular complexity index is 744. The van der Waals surface area contributed by atoms with E-state index in [1.165, 1.54) is 12.1 Å². The smallest absolute Gasteiger partial charge is 0.255 e. The number of halogens is 1. The third-order valence-electron chi connectivity index (χ3n) is 3.86. The molecule has 1 fully saturated rings. The lowest BCUT2D eigenvalue weighted by molar-refractivity contribution is -0.142. The zero-order chi connectivity index (χ0) is 17.6. The van der Waals surface area contributed by atoms with Crippen LogP contribution in [0.1, 0.15) is 11.1 Å². The molecule has 1 aliphatic rings. The normalized spacial score (nSPS) is 17.1. The van der Waals surface area contributed by atoms with E-state index in [0.29, 0.717) is 24.7 Å². The Kier molecular flexibility index (Phi) is 5.63. The summed E-state index contributed by atoms with van der Waals surface area (Å²) in [4.78, 5) is 12.2. The quantitative estimate of drug-likeness (QED) is 0.905. The standard InChI is InChI=1S/C19H20FNO4/c1-13-9-16(25-11-14-3-2-4-15(20)10-14)5-6-17(13)21-19(22)18-12-23-7-8-24-18/h2-6,9-10,18H,7-8,11-12H2,1H3,(H,21,22)/t18-/m0/s1. The molecule has 1 saturated heterocycles. The van der Waals surface area contributed by atoms with Gasteiger partial charge in [-0.1, -0.05) is 12.1 Å². The van der Waals surface area contributed by atoms with Crippen molar-refractivity contribution in [1.82, 2.24) is 0 Å². The number of hydrogen-bond acceptors (Lipinski definition) is 4. The highest BCUT2D eigenvalue weighted by molar-refractivity contribution is 5.95. The summed E-state index contributed by atoms with van der Waals surface area (Å²) in [5.74, 6) is 0.137. The molecule has 0 bridgehead atoms. The van der Waals surface area contributed by atoms with E-state index in [4.69, 9.17) is 14.2 Å². The van der Waals surface area contributed by atoms with Gasteiger partial charge in [0.05, 0.1) is 19.8 Å². The molecule has 2 aromatic carbocycles. The van der Waals surface area contributed by atoms with E-state index in [0.717, 1.165) is 11.1 Å². The lowest BCUT2D eigenvalue weighted by Gasteiger charge is -2.22. The molecular formula is C19H20FNO4. The van der Waals surface area contributed by atoms with E-state index in [9.17, 15) is 9.18 Å². The number of ether oxygens (including phenoxy) is 3. The minimum Gasteiger partial charge on any atom is -0.489 e. The molecule has 1 amide bonds. The van der Waals surface area contributed by atoms with Gasteiger partial charge >= 0.3 is 0 Å². The second-order valence-corrected chi connectivity index (χ2v) is 5.82. The number of hydrogen-bond donors (Lipinski definition) is 1. The van der Waals surface area contributed by atoms with Gasteiger partial charge in [-0.05, 0) is 48.4 Å². The third-order valence-corrected chi connectivity index (χ3v) is 3.86. The van der Waals surface area contributed by atoms with Crippen molar-refractivity contribution in [2.45, 2.75) is 19.6 Å². The van der Waals surface area contributed by atoms with Crippen molar-refractivity contribution in [3.63, 3.8) is 0 Å². The summed E-state index contributed by atoms with van der Waals surface area (Å²) in [7, 11) is 0.